The molecule has 0 unspecified atom stereocenters. The summed E-state index contributed by atoms with van der Waals surface area (Å²) in [7, 11) is 1.40. The molecule has 0 saturated heterocycles. The van der Waals surface area contributed by atoms with E-state index >= 15 is 0 Å². The Kier molecular flexibility index (Phi) is 6.09. The van der Waals surface area contributed by atoms with Crippen LogP contribution in [0, 0.1) is 0 Å². The second kappa shape index (κ2) is 9.48. The maximum Gasteiger partial charge on any atom is 0.340 e. The molecule has 5 aromatic rings. The monoisotopic (exact) mass is 470 g/mol. The van der Waals surface area contributed by atoms with Crippen molar-refractivity contribution in [3.8, 4) is 22.5 Å². The average Bonchev–Trinajstić information content (AvgIpc) is 3.53. The summed E-state index contributed by atoms with van der Waals surface area (Å²) in [5.41, 5.74) is 6.24. The van der Waals surface area contributed by atoms with E-state index in [2.05, 4.69) is 55.5 Å². The van der Waals surface area contributed by atoms with Crippen molar-refractivity contribution in [2.24, 2.45) is 0 Å². The van der Waals surface area contributed by atoms with Crippen molar-refractivity contribution in [1.29, 1.82) is 0 Å². The number of methoxy groups -OCH3 is 1. The van der Waals surface area contributed by atoms with Gasteiger partial charge >= 0.3 is 5.97 Å². The second-order valence-corrected chi connectivity index (χ2v) is 8.57. The number of rotatable bonds is 7. The summed E-state index contributed by atoms with van der Waals surface area (Å²) < 4.78 is 7.14. The summed E-state index contributed by atoms with van der Waals surface area (Å²) in [5, 5.41) is 14.3. The van der Waals surface area contributed by atoms with Crippen LogP contribution < -0.4 is 0 Å². The SMILES string of the molecule is COC(=O)c1cccc2nc(CSC)n(Cc3ccc(-c4ccccc4-c4nnn[nH]4)cc3)c12. The minimum atomic E-state index is -0.365. The Bertz CT molecular complexity index is 1440. The number of nitrogens with one attached hydrogen (secondary N) is 1. The molecule has 5 rings (SSSR count). The van der Waals surface area contributed by atoms with Crippen molar-refractivity contribution >= 4 is 28.8 Å². The van der Waals surface area contributed by atoms with Gasteiger partial charge in [0.1, 0.15) is 5.82 Å². The number of imidazole rings is 1. The number of aromatic amines is 1. The molecule has 34 heavy (non-hydrogen) atoms. The number of ether oxygens (including phenoxy) is 1. The van der Waals surface area contributed by atoms with Crippen molar-refractivity contribution in [2.45, 2.75) is 12.3 Å². The number of hydrogen-bond donors (Lipinski definition) is 1. The first kappa shape index (κ1) is 21.8. The molecule has 2 heterocycles. The molecule has 0 spiro atoms. The Hall–Kier alpha value is -3.98. The predicted molar refractivity (Wildman–Crippen MR) is 132 cm³/mol. The summed E-state index contributed by atoms with van der Waals surface area (Å²) in [5.74, 6) is 1.93. The van der Waals surface area contributed by atoms with E-state index in [1.807, 2.05) is 36.6 Å². The number of benzene rings is 3. The lowest BCUT2D eigenvalue weighted by Crippen LogP contribution is -2.09. The molecule has 0 saturated carbocycles. The van der Waals surface area contributed by atoms with Crippen molar-refractivity contribution in [3.05, 3.63) is 83.7 Å². The van der Waals surface area contributed by atoms with Gasteiger partial charge in [-0.3, -0.25) is 0 Å². The Morgan fingerprint density at radius 2 is 1.82 bits per heavy atom. The first-order chi connectivity index (χ1) is 16.7. The zero-order valence-electron chi connectivity index (χ0n) is 18.7. The molecule has 0 aliphatic rings. The zero-order valence-corrected chi connectivity index (χ0v) is 19.5. The summed E-state index contributed by atoms with van der Waals surface area (Å²) in [6, 6.07) is 21.9. The molecule has 0 bridgehead atoms. The number of H-pyrrole nitrogens is 1. The van der Waals surface area contributed by atoms with Gasteiger partial charge in [0, 0.05) is 12.1 Å². The van der Waals surface area contributed by atoms with Gasteiger partial charge in [-0.05, 0) is 45.5 Å². The van der Waals surface area contributed by atoms with Gasteiger partial charge in [0.05, 0.1) is 29.5 Å². The van der Waals surface area contributed by atoms with Crippen LogP contribution in [0.25, 0.3) is 33.5 Å². The van der Waals surface area contributed by atoms with Gasteiger partial charge in [-0.15, -0.1) is 5.10 Å². The fourth-order valence-corrected chi connectivity index (χ4v) is 4.58. The number of carbonyl (C=O) groups excluding carboxylic acids is 1. The zero-order chi connectivity index (χ0) is 23.5. The number of hydrogen-bond acceptors (Lipinski definition) is 7. The molecule has 170 valence electrons. The minimum Gasteiger partial charge on any atom is -0.465 e. The summed E-state index contributed by atoms with van der Waals surface area (Å²) in [4.78, 5) is 17.2. The molecule has 0 atom stereocenters. The van der Waals surface area contributed by atoms with Gasteiger partial charge in [0.25, 0.3) is 0 Å². The van der Waals surface area contributed by atoms with E-state index in [4.69, 9.17) is 9.72 Å². The quantitative estimate of drug-likeness (QED) is 0.348. The Labute approximate surface area is 200 Å². The van der Waals surface area contributed by atoms with Crippen LogP contribution in [0.15, 0.2) is 66.7 Å². The van der Waals surface area contributed by atoms with Crippen molar-refractivity contribution in [2.75, 3.05) is 13.4 Å². The third-order valence-electron chi connectivity index (χ3n) is 5.66. The van der Waals surface area contributed by atoms with Crippen LogP contribution in [-0.4, -0.2) is 49.5 Å². The first-order valence-corrected chi connectivity index (χ1v) is 12.1. The lowest BCUT2D eigenvalue weighted by atomic mass is 9.98. The van der Waals surface area contributed by atoms with Gasteiger partial charge in [0.15, 0.2) is 5.82 Å². The number of fused-ring (bicyclic) bond motifs is 1. The average molecular weight is 471 g/mol. The highest BCUT2D eigenvalue weighted by molar-refractivity contribution is 7.97. The maximum absolute atomic E-state index is 12.4. The van der Waals surface area contributed by atoms with Crippen molar-refractivity contribution < 1.29 is 9.53 Å². The predicted octanol–water partition coefficient (Wildman–Crippen LogP) is 4.58. The Morgan fingerprint density at radius 3 is 2.53 bits per heavy atom. The highest BCUT2D eigenvalue weighted by Crippen LogP contribution is 2.30. The van der Waals surface area contributed by atoms with E-state index in [0.29, 0.717) is 17.9 Å². The molecule has 0 radical (unpaired) electrons. The van der Waals surface area contributed by atoms with E-state index in [9.17, 15) is 4.79 Å². The van der Waals surface area contributed by atoms with E-state index in [1.165, 1.54) is 7.11 Å². The third kappa shape index (κ3) is 4.06. The van der Waals surface area contributed by atoms with E-state index in [-0.39, 0.29) is 5.97 Å². The number of para-hydroxylation sites is 1. The fourth-order valence-electron chi connectivity index (χ4n) is 4.10. The molecular formula is C25H22N6O2S. The van der Waals surface area contributed by atoms with Gasteiger partial charge in [0.2, 0.25) is 0 Å². The van der Waals surface area contributed by atoms with Crippen molar-refractivity contribution in [3.63, 3.8) is 0 Å². The molecule has 0 aliphatic heterocycles. The minimum absolute atomic E-state index is 0.365. The number of aromatic nitrogens is 6. The number of thioether (sulfide) groups is 1. The lowest BCUT2D eigenvalue weighted by molar-refractivity contribution is 0.0602. The van der Waals surface area contributed by atoms with Crippen LogP contribution in [0.3, 0.4) is 0 Å². The number of carbonyl (C=O) groups is 1. The Morgan fingerprint density at radius 1 is 1.03 bits per heavy atom. The van der Waals surface area contributed by atoms with Crippen LogP contribution in [0.4, 0.5) is 0 Å². The molecule has 8 nitrogen and oxygen atoms in total. The van der Waals surface area contributed by atoms with Crippen molar-refractivity contribution in [1.82, 2.24) is 30.2 Å². The van der Waals surface area contributed by atoms with E-state index < -0.39 is 0 Å². The molecule has 2 aromatic heterocycles. The topological polar surface area (TPSA) is 98.6 Å². The smallest absolute Gasteiger partial charge is 0.340 e. The van der Waals surface area contributed by atoms with Crippen LogP contribution in [0.1, 0.15) is 21.7 Å². The fraction of sp³-hybridized carbons (Fsp3) is 0.160. The Balaban J connectivity index is 1.53. The summed E-state index contributed by atoms with van der Waals surface area (Å²) in [6.45, 7) is 0.592. The molecule has 1 N–H and O–H groups in total. The number of esters is 1. The van der Waals surface area contributed by atoms with Gasteiger partial charge in [-0.1, -0.05) is 54.6 Å². The molecule has 0 fully saturated rings. The molecule has 0 amide bonds. The van der Waals surface area contributed by atoms with E-state index in [0.717, 1.165) is 44.9 Å². The summed E-state index contributed by atoms with van der Waals surface area (Å²) in [6.07, 6.45) is 2.04. The second-order valence-electron chi connectivity index (χ2n) is 7.70. The molecule has 3 aromatic carbocycles. The first-order valence-electron chi connectivity index (χ1n) is 10.7. The number of nitrogens with zero attached hydrogens (tertiary/aromatic N) is 5. The lowest BCUT2D eigenvalue weighted by Gasteiger charge is -2.12. The molecular weight excluding hydrogens is 448 g/mol. The highest BCUT2D eigenvalue weighted by Gasteiger charge is 2.19. The van der Waals surface area contributed by atoms with E-state index in [1.54, 1.807) is 17.8 Å². The molecule has 0 aliphatic carbocycles. The summed E-state index contributed by atoms with van der Waals surface area (Å²) >= 11 is 1.70. The van der Waals surface area contributed by atoms with Gasteiger partial charge < -0.3 is 9.30 Å². The van der Waals surface area contributed by atoms with Crippen LogP contribution in [0.5, 0.6) is 0 Å². The van der Waals surface area contributed by atoms with Crippen LogP contribution >= 0.6 is 11.8 Å². The van der Waals surface area contributed by atoms with Gasteiger partial charge in [-0.2, -0.15) is 11.8 Å². The third-order valence-corrected chi connectivity index (χ3v) is 6.20. The largest absolute Gasteiger partial charge is 0.465 e. The van der Waals surface area contributed by atoms with Crippen LogP contribution in [0.2, 0.25) is 0 Å². The normalized spacial score (nSPS) is 11.1. The van der Waals surface area contributed by atoms with Crippen LogP contribution in [-0.2, 0) is 17.0 Å². The highest BCUT2D eigenvalue weighted by atomic mass is 32.2. The number of tetrazole rings is 1. The molecule has 9 heteroatoms. The van der Waals surface area contributed by atoms with Gasteiger partial charge in [-0.25, -0.2) is 14.9 Å². The maximum atomic E-state index is 12.4. The standard InChI is InChI=1S/C25H22N6O2S/c1-33-25(32)20-8-5-9-21-23(20)31(22(26-21)15-34-2)14-16-10-12-17(13-11-16)18-6-3-4-7-19(18)24-27-29-30-28-24/h3-13H,14-15H2,1-2H3,(H,27,28,29,30).